The molecule has 1 aliphatic carbocycles. The lowest BCUT2D eigenvalue weighted by Gasteiger charge is -2.30. The Morgan fingerprint density at radius 2 is 2.15 bits per heavy atom. The van der Waals surface area contributed by atoms with Crippen LogP contribution in [0, 0.1) is 0 Å². The zero-order valence-corrected chi connectivity index (χ0v) is 16.4. The summed E-state index contributed by atoms with van der Waals surface area (Å²) in [7, 11) is 0. The van der Waals surface area contributed by atoms with Gasteiger partial charge in [0.2, 0.25) is 5.82 Å². The van der Waals surface area contributed by atoms with E-state index >= 15 is 0 Å². The topological polar surface area (TPSA) is 81.4 Å². The van der Waals surface area contributed by atoms with Gasteiger partial charge in [-0.2, -0.15) is 0 Å². The molecular formula is C19H23N5O2S. The number of thiophene rings is 1. The van der Waals surface area contributed by atoms with Crippen LogP contribution in [-0.4, -0.2) is 37.1 Å². The maximum atomic E-state index is 12.7. The molecule has 1 N–H and O–H groups in total. The van der Waals surface area contributed by atoms with Crippen LogP contribution in [0.15, 0.2) is 6.33 Å². The minimum atomic E-state index is -0.213. The van der Waals surface area contributed by atoms with Crippen molar-refractivity contribution in [3.8, 4) is 0 Å². The molecule has 8 heteroatoms. The highest BCUT2D eigenvalue weighted by molar-refractivity contribution is 7.19. The molecule has 1 saturated carbocycles. The predicted octanol–water partition coefficient (Wildman–Crippen LogP) is 3.25. The predicted molar refractivity (Wildman–Crippen MR) is 103 cm³/mol. The number of aromatic nitrogens is 4. The monoisotopic (exact) mass is 385 g/mol. The maximum Gasteiger partial charge on any atom is 0.291 e. The van der Waals surface area contributed by atoms with Crippen LogP contribution in [0.1, 0.15) is 67.0 Å². The van der Waals surface area contributed by atoms with Crippen molar-refractivity contribution in [2.75, 3.05) is 0 Å². The molecule has 1 aliphatic heterocycles. The van der Waals surface area contributed by atoms with Crippen molar-refractivity contribution in [3.63, 3.8) is 0 Å². The zero-order valence-electron chi connectivity index (χ0n) is 15.6. The van der Waals surface area contributed by atoms with Gasteiger partial charge < -0.3 is 10.1 Å². The summed E-state index contributed by atoms with van der Waals surface area (Å²) in [5.74, 6) is 0.0349. The molecule has 0 unspecified atom stereocenters. The van der Waals surface area contributed by atoms with Gasteiger partial charge in [0.1, 0.15) is 11.2 Å². The van der Waals surface area contributed by atoms with Gasteiger partial charge in [-0.3, -0.25) is 4.79 Å². The van der Waals surface area contributed by atoms with Crippen LogP contribution in [0.5, 0.6) is 0 Å². The number of nitrogens with one attached hydrogen (secondary N) is 1. The van der Waals surface area contributed by atoms with Crippen LogP contribution < -0.4 is 5.32 Å². The number of fused-ring (bicyclic) bond motifs is 5. The van der Waals surface area contributed by atoms with Crippen molar-refractivity contribution >= 4 is 33.1 Å². The van der Waals surface area contributed by atoms with Crippen molar-refractivity contribution in [1.82, 2.24) is 24.9 Å². The van der Waals surface area contributed by atoms with E-state index in [1.54, 1.807) is 22.2 Å². The van der Waals surface area contributed by atoms with Gasteiger partial charge in [0.15, 0.2) is 5.65 Å². The number of hydrogen-bond donors (Lipinski definition) is 1. The third kappa shape index (κ3) is 3.00. The Balaban J connectivity index is 1.54. The van der Waals surface area contributed by atoms with Crippen molar-refractivity contribution in [3.05, 3.63) is 22.6 Å². The number of nitrogens with zero attached hydrogens (tertiary/aromatic N) is 4. The summed E-state index contributed by atoms with van der Waals surface area (Å²) >= 11 is 1.64. The molecule has 0 atom stereocenters. The largest absolute Gasteiger partial charge is 0.370 e. The molecule has 1 amide bonds. The Morgan fingerprint density at radius 3 is 2.96 bits per heavy atom. The SMILES string of the molecule is CC1(C)Cc2c(sc3ncn4nc(C(=O)NC5CCCCC5)nc4c23)CO1. The van der Waals surface area contributed by atoms with Gasteiger partial charge in [-0.1, -0.05) is 19.3 Å². The van der Waals surface area contributed by atoms with Gasteiger partial charge in [-0.05, 0) is 32.3 Å². The number of hydrogen-bond acceptors (Lipinski definition) is 6. The van der Waals surface area contributed by atoms with Crippen molar-refractivity contribution in [2.45, 2.75) is 70.6 Å². The first kappa shape index (κ1) is 17.1. The minimum absolute atomic E-state index is 0.188. The molecule has 1 fully saturated rings. The summed E-state index contributed by atoms with van der Waals surface area (Å²) in [5.41, 5.74) is 1.73. The molecule has 4 heterocycles. The molecular weight excluding hydrogens is 362 g/mol. The zero-order chi connectivity index (χ0) is 18.6. The van der Waals surface area contributed by atoms with E-state index in [1.807, 2.05) is 0 Å². The van der Waals surface area contributed by atoms with Crippen molar-refractivity contribution in [2.24, 2.45) is 0 Å². The van der Waals surface area contributed by atoms with Gasteiger partial charge in [-0.25, -0.2) is 14.5 Å². The second kappa shape index (κ2) is 6.24. The molecule has 5 rings (SSSR count). The smallest absolute Gasteiger partial charge is 0.291 e. The van der Waals surface area contributed by atoms with Crippen LogP contribution in [0.2, 0.25) is 0 Å². The van der Waals surface area contributed by atoms with Crippen LogP contribution in [-0.2, 0) is 17.8 Å². The molecule has 0 spiro atoms. The van der Waals surface area contributed by atoms with E-state index in [0.29, 0.717) is 12.3 Å². The molecule has 0 radical (unpaired) electrons. The molecule has 27 heavy (non-hydrogen) atoms. The Morgan fingerprint density at radius 1 is 1.33 bits per heavy atom. The van der Waals surface area contributed by atoms with Gasteiger partial charge in [-0.15, -0.1) is 16.4 Å². The van der Waals surface area contributed by atoms with E-state index in [9.17, 15) is 4.79 Å². The number of amides is 1. The summed E-state index contributed by atoms with van der Waals surface area (Å²) in [5, 5.41) is 8.51. The fourth-order valence-corrected chi connectivity index (χ4v) is 5.20. The lowest BCUT2D eigenvalue weighted by atomic mass is 9.94. The first-order valence-electron chi connectivity index (χ1n) is 9.61. The highest BCUT2D eigenvalue weighted by atomic mass is 32.1. The molecule has 3 aromatic heterocycles. The standard InChI is InChI=1S/C19H23N5O2S/c1-19(2)8-12-13(9-26-19)27-18-14(12)16-22-15(23-24(16)10-20-18)17(25)21-11-6-4-3-5-7-11/h10-11H,3-9H2,1-2H3,(H,21,25). The molecule has 0 saturated heterocycles. The third-order valence-electron chi connectivity index (χ3n) is 5.55. The Bertz CT molecular complexity index is 1030. The lowest BCUT2D eigenvalue weighted by Crippen LogP contribution is -2.36. The fourth-order valence-electron chi connectivity index (χ4n) is 4.13. The summed E-state index contributed by atoms with van der Waals surface area (Å²) < 4.78 is 7.57. The lowest BCUT2D eigenvalue weighted by molar-refractivity contribution is -0.0379. The van der Waals surface area contributed by atoms with E-state index in [-0.39, 0.29) is 23.4 Å². The number of ether oxygens (including phenoxy) is 1. The number of rotatable bonds is 2. The summed E-state index contributed by atoms with van der Waals surface area (Å²) in [6.07, 6.45) is 8.14. The Hall–Kier alpha value is -2.06. The van der Waals surface area contributed by atoms with Gasteiger partial charge >= 0.3 is 0 Å². The van der Waals surface area contributed by atoms with Crippen LogP contribution in [0.3, 0.4) is 0 Å². The highest BCUT2D eigenvalue weighted by Crippen LogP contribution is 2.39. The molecule has 3 aromatic rings. The minimum Gasteiger partial charge on any atom is -0.370 e. The highest BCUT2D eigenvalue weighted by Gasteiger charge is 2.31. The second-order valence-electron chi connectivity index (χ2n) is 8.17. The van der Waals surface area contributed by atoms with E-state index in [1.165, 1.54) is 29.7 Å². The first-order chi connectivity index (χ1) is 13.0. The molecule has 0 bridgehead atoms. The van der Waals surface area contributed by atoms with E-state index in [4.69, 9.17) is 4.74 Å². The van der Waals surface area contributed by atoms with E-state index in [2.05, 4.69) is 34.2 Å². The summed E-state index contributed by atoms with van der Waals surface area (Å²) in [6, 6.07) is 0.239. The van der Waals surface area contributed by atoms with Gasteiger partial charge in [0.25, 0.3) is 5.91 Å². The number of carbonyl (C=O) groups excluding carboxylic acids is 1. The van der Waals surface area contributed by atoms with Crippen molar-refractivity contribution < 1.29 is 9.53 Å². The Labute approximate surface area is 161 Å². The molecule has 2 aliphatic rings. The third-order valence-corrected chi connectivity index (χ3v) is 6.66. The average Bonchev–Trinajstić information content (AvgIpc) is 3.22. The summed E-state index contributed by atoms with van der Waals surface area (Å²) in [6.45, 7) is 4.79. The first-order valence-corrected chi connectivity index (χ1v) is 10.4. The fraction of sp³-hybridized carbons (Fsp3) is 0.579. The normalized spacial score (nSPS) is 20.1. The number of carbonyl (C=O) groups is 1. The van der Waals surface area contributed by atoms with E-state index in [0.717, 1.165) is 29.5 Å². The van der Waals surface area contributed by atoms with Gasteiger partial charge in [0, 0.05) is 17.3 Å². The van der Waals surface area contributed by atoms with Gasteiger partial charge in [0.05, 0.1) is 17.6 Å². The average molecular weight is 385 g/mol. The van der Waals surface area contributed by atoms with E-state index < -0.39 is 0 Å². The van der Waals surface area contributed by atoms with Crippen molar-refractivity contribution in [1.29, 1.82) is 0 Å². The molecule has 0 aromatic carbocycles. The summed E-state index contributed by atoms with van der Waals surface area (Å²) in [4.78, 5) is 23.9. The molecule has 7 nitrogen and oxygen atoms in total. The molecule has 142 valence electrons. The Kier molecular flexibility index (Phi) is 3.94. The van der Waals surface area contributed by atoms with Crippen LogP contribution in [0.25, 0.3) is 15.9 Å². The van der Waals surface area contributed by atoms with Crippen LogP contribution >= 0.6 is 11.3 Å². The maximum absolute atomic E-state index is 12.7. The van der Waals surface area contributed by atoms with Crippen LogP contribution in [0.4, 0.5) is 0 Å². The second-order valence-corrected chi connectivity index (χ2v) is 9.25. The quantitative estimate of drug-likeness (QED) is 0.732.